The van der Waals surface area contributed by atoms with Crippen LogP contribution in [0.4, 0.5) is 5.69 Å². The van der Waals surface area contributed by atoms with Crippen molar-refractivity contribution < 1.29 is 9.90 Å². The minimum atomic E-state index is -1.02. The molecule has 0 amide bonds. The summed E-state index contributed by atoms with van der Waals surface area (Å²) in [7, 11) is 0. The Balaban J connectivity index is 0.00000112. The van der Waals surface area contributed by atoms with Crippen LogP contribution < -0.4 is 5.73 Å². The van der Waals surface area contributed by atoms with Gasteiger partial charge in [0.25, 0.3) is 0 Å². The molecular weight excluding hydrogens is 216 g/mol. The Bertz CT molecular complexity index is 514. The molecule has 0 aliphatic heterocycles. The smallest absolute Gasteiger partial charge is 0.354 e. The first-order valence-electron chi connectivity index (χ1n) is 4.06. The van der Waals surface area contributed by atoms with E-state index in [2.05, 4.69) is 4.98 Å². The standard InChI is InChI=1S/C10H8N2O2.ClH/c11-7-2-4-8-6(5-7)1-3-9(12-8)10(13)14;/h1-5H,11H2,(H,13,14);1H. The third-order valence-corrected chi connectivity index (χ3v) is 1.93. The summed E-state index contributed by atoms with van der Waals surface area (Å²) in [5.74, 6) is -1.02. The molecule has 2 rings (SSSR count). The van der Waals surface area contributed by atoms with E-state index in [9.17, 15) is 4.79 Å². The van der Waals surface area contributed by atoms with Crippen molar-refractivity contribution in [3.63, 3.8) is 0 Å². The first kappa shape index (κ1) is 11.3. The van der Waals surface area contributed by atoms with Gasteiger partial charge in [0.05, 0.1) is 5.52 Å². The lowest BCUT2D eigenvalue weighted by molar-refractivity contribution is 0.0691. The van der Waals surface area contributed by atoms with Gasteiger partial charge in [-0.25, -0.2) is 9.78 Å². The zero-order chi connectivity index (χ0) is 10.1. The summed E-state index contributed by atoms with van der Waals surface area (Å²) in [6, 6.07) is 8.32. The van der Waals surface area contributed by atoms with Gasteiger partial charge in [-0.3, -0.25) is 0 Å². The number of rotatable bonds is 1. The number of aromatic carboxylic acids is 1. The number of carbonyl (C=O) groups is 1. The van der Waals surface area contributed by atoms with Crippen molar-refractivity contribution in [3.8, 4) is 0 Å². The van der Waals surface area contributed by atoms with Crippen LogP contribution in [0.1, 0.15) is 10.5 Å². The van der Waals surface area contributed by atoms with E-state index in [1.807, 2.05) is 0 Å². The molecular formula is C10H9ClN2O2. The molecule has 0 aliphatic rings. The first-order chi connectivity index (χ1) is 6.66. The normalized spacial score (nSPS) is 9.60. The molecule has 1 aromatic carbocycles. The van der Waals surface area contributed by atoms with Crippen molar-refractivity contribution in [2.45, 2.75) is 0 Å². The molecule has 1 aromatic heterocycles. The lowest BCUT2D eigenvalue weighted by atomic mass is 10.2. The van der Waals surface area contributed by atoms with Crippen molar-refractivity contribution in [2.75, 3.05) is 5.73 Å². The topological polar surface area (TPSA) is 76.2 Å². The predicted molar refractivity (Wildman–Crippen MR) is 60.4 cm³/mol. The maximum atomic E-state index is 10.6. The zero-order valence-corrected chi connectivity index (χ0v) is 8.49. The van der Waals surface area contributed by atoms with Gasteiger partial charge in [0.2, 0.25) is 0 Å². The number of carboxylic acid groups (broad SMARTS) is 1. The van der Waals surface area contributed by atoms with Crippen LogP contribution in [-0.4, -0.2) is 16.1 Å². The average molecular weight is 225 g/mol. The molecule has 5 heteroatoms. The highest BCUT2D eigenvalue weighted by atomic mass is 35.5. The highest BCUT2D eigenvalue weighted by Gasteiger charge is 2.04. The van der Waals surface area contributed by atoms with Gasteiger partial charge < -0.3 is 10.8 Å². The number of hydrogen-bond acceptors (Lipinski definition) is 3. The first-order valence-corrected chi connectivity index (χ1v) is 4.06. The maximum absolute atomic E-state index is 10.6. The fraction of sp³-hybridized carbons (Fsp3) is 0. The quantitative estimate of drug-likeness (QED) is 0.726. The minimum absolute atomic E-state index is 0. The number of nitrogens with zero attached hydrogens (tertiary/aromatic N) is 1. The fourth-order valence-electron chi connectivity index (χ4n) is 1.26. The third-order valence-electron chi connectivity index (χ3n) is 1.93. The highest BCUT2D eigenvalue weighted by molar-refractivity contribution is 5.90. The molecule has 15 heavy (non-hydrogen) atoms. The molecule has 0 saturated heterocycles. The van der Waals surface area contributed by atoms with Crippen LogP contribution in [-0.2, 0) is 0 Å². The fourth-order valence-corrected chi connectivity index (χ4v) is 1.26. The summed E-state index contributed by atoms with van der Waals surface area (Å²) < 4.78 is 0. The molecule has 3 N–H and O–H groups in total. The van der Waals surface area contributed by atoms with Gasteiger partial charge in [-0.2, -0.15) is 0 Å². The molecule has 0 fully saturated rings. The van der Waals surface area contributed by atoms with E-state index in [0.717, 1.165) is 5.39 Å². The van der Waals surface area contributed by atoms with Crippen molar-refractivity contribution in [2.24, 2.45) is 0 Å². The number of nitrogens with two attached hydrogens (primary N) is 1. The van der Waals surface area contributed by atoms with Crippen LogP contribution in [0, 0.1) is 0 Å². The largest absolute Gasteiger partial charge is 0.477 e. The van der Waals surface area contributed by atoms with E-state index in [4.69, 9.17) is 10.8 Å². The molecule has 0 radical (unpaired) electrons. The number of anilines is 1. The Morgan fingerprint density at radius 1 is 1.27 bits per heavy atom. The van der Waals surface area contributed by atoms with E-state index in [1.165, 1.54) is 6.07 Å². The lowest BCUT2D eigenvalue weighted by Gasteiger charge is -1.99. The molecule has 0 saturated carbocycles. The van der Waals surface area contributed by atoms with E-state index in [-0.39, 0.29) is 18.1 Å². The summed E-state index contributed by atoms with van der Waals surface area (Å²) in [5.41, 5.74) is 6.90. The lowest BCUT2D eigenvalue weighted by Crippen LogP contribution is -1.99. The second-order valence-corrected chi connectivity index (χ2v) is 2.95. The minimum Gasteiger partial charge on any atom is -0.477 e. The van der Waals surface area contributed by atoms with Crippen LogP contribution in [0.3, 0.4) is 0 Å². The van der Waals surface area contributed by atoms with E-state index >= 15 is 0 Å². The molecule has 0 aliphatic carbocycles. The number of hydrogen-bond donors (Lipinski definition) is 2. The SMILES string of the molecule is Cl.Nc1ccc2nc(C(=O)O)ccc2c1. The third kappa shape index (κ3) is 2.16. The van der Waals surface area contributed by atoms with Gasteiger partial charge in [0.15, 0.2) is 0 Å². The van der Waals surface area contributed by atoms with Gasteiger partial charge in [-0.05, 0) is 24.3 Å². The second kappa shape index (κ2) is 4.14. The number of nitrogen functional groups attached to an aromatic ring is 1. The van der Waals surface area contributed by atoms with Gasteiger partial charge in [-0.1, -0.05) is 6.07 Å². The van der Waals surface area contributed by atoms with Gasteiger partial charge in [0, 0.05) is 11.1 Å². The van der Waals surface area contributed by atoms with Gasteiger partial charge >= 0.3 is 5.97 Å². The van der Waals surface area contributed by atoms with E-state index in [0.29, 0.717) is 11.2 Å². The Labute approximate surface area is 92.1 Å². The number of halogens is 1. The maximum Gasteiger partial charge on any atom is 0.354 e. The number of carboxylic acids is 1. The molecule has 78 valence electrons. The van der Waals surface area contributed by atoms with E-state index in [1.54, 1.807) is 24.3 Å². The summed E-state index contributed by atoms with van der Waals surface area (Å²) >= 11 is 0. The summed E-state index contributed by atoms with van der Waals surface area (Å²) in [4.78, 5) is 14.6. The summed E-state index contributed by atoms with van der Waals surface area (Å²) in [6.45, 7) is 0. The number of aromatic nitrogens is 1. The monoisotopic (exact) mass is 224 g/mol. The Morgan fingerprint density at radius 3 is 2.67 bits per heavy atom. The van der Waals surface area contributed by atoms with Crippen LogP contribution in [0.25, 0.3) is 10.9 Å². The molecule has 2 aromatic rings. The van der Waals surface area contributed by atoms with Crippen molar-refractivity contribution in [1.29, 1.82) is 0 Å². The average Bonchev–Trinajstić information content (AvgIpc) is 2.16. The number of benzene rings is 1. The molecule has 1 heterocycles. The predicted octanol–water partition coefficient (Wildman–Crippen LogP) is 1.94. The number of fused-ring (bicyclic) bond motifs is 1. The van der Waals surface area contributed by atoms with E-state index < -0.39 is 5.97 Å². The van der Waals surface area contributed by atoms with Crippen LogP contribution in [0.2, 0.25) is 0 Å². The van der Waals surface area contributed by atoms with Crippen LogP contribution >= 0.6 is 12.4 Å². The molecule has 4 nitrogen and oxygen atoms in total. The second-order valence-electron chi connectivity index (χ2n) is 2.95. The van der Waals surface area contributed by atoms with Gasteiger partial charge in [-0.15, -0.1) is 12.4 Å². The molecule has 0 bridgehead atoms. The summed E-state index contributed by atoms with van der Waals surface area (Å²) in [5, 5.41) is 9.55. The number of pyridine rings is 1. The zero-order valence-electron chi connectivity index (χ0n) is 7.68. The Hall–Kier alpha value is -1.81. The Kier molecular flexibility index (Phi) is 3.11. The highest BCUT2D eigenvalue weighted by Crippen LogP contribution is 2.15. The van der Waals surface area contributed by atoms with Crippen molar-refractivity contribution >= 4 is 35.0 Å². The summed E-state index contributed by atoms with van der Waals surface area (Å²) in [6.07, 6.45) is 0. The van der Waals surface area contributed by atoms with Gasteiger partial charge in [0.1, 0.15) is 5.69 Å². The van der Waals surface area contributed by atoms with Crippen molar-refractivity contribution in [1.82, 2.24) is 4.98 Å². The van der Waals surface area contributed by atoms with Crippen molar-refractivity contribution in [3.05, 3.63) is 36.0 Å². The molecule has 0 spiro atoms. The molecule has 0 atom stereocenters. The Morgan fingerprint density at radius 2 is 2.00 bits per heavy atom. The van der Waals surface area contributed by atoms with Crippen LogP contribution in [0.15, 0.2) is 30.3 Å². The van der Waals surface area contributed by atoms with Crippen LogP contribution in [0.5, 0.6) is 0 Å². The molecule has 0 unspecified atom stereocenters.